The summed E-state index contributed by atoms with van der Waals surface area (Å²) in [5.74, 6) is 0.149. The Bertz CT molecular complexity index is 282. The number of aromatic nitrogens is 2. The number of H-pyrrole nitrogens is 1. The van der Waals surface area contributed by atoms with Crippen LogP contribution >= 0.6 is 0 Å². The number of carbonyl (C=O) groups excluding carboxylic acids is 1. The topological polar surface area (TPSA) is 69.8 Å². The second kappa shape index (κ2) is 6.19. The Kier molecular flexibility index (Phi) is 4.83. The third-order valence-electron chi connectivity index (χ3n) is 2.00. The highest BCUT2D eigenvalue weighted by atomic mass is 16.1. The van der Waals surface area contributed by atoms with Gasteiger partial charge in [0.25, 0.3) is 0 Å². The van der Waals surface area contributed by atoms with Gasteiger partial charge in [-0.1, -0.05) is 13.8 Å². The van der Waals surface area contributed by atoms with E-state index in [1.165, 1.54) is 0 Å². The Morgan fingerprint density at radius 2 is 2.33 bits per heavy atom. The summed E-state index contributed by atoms with van der Waals surface area (Å²) in [5, 5.41) is 6.03. The molecular weight excluding hydrogens is 192 g/mol. The molecule has 0 saturated carbocycles. The molecule has 0 atom stereocenters. The first kappa shape index (κ1) is 11.7. The Labute approximate surface area is 89.7 Å². The van der Waals surface area contributed by atoms with E-state index >= 15 is 0 Å². The highest BCUT2D eigenvalue weighted by Gasteiger charge is 2.04. The molecule has 15 heavy (non-hydrogen) atoms. The van der Waals surface area contributed by atoms with E-state index in [0.717, 1.165) is 18.8 Å². The highest BCUT2D eigenvalue weighted by molar-refractivity contribution is 5.77. The number of imidazole rings is 1. The monoisotopic (exact) mass is 210 g/mol. The molecule has 3 N–H and O–H groups in total. The van der Waals surface area contributed by atoms with Crippen LogP contribution < -0.4 is 10.6 Å². The zero-order valence-electron chi connectivity index (χ0n) is 9.21. The van der Waals surface area contributed by atoms with Gasteiger partial charge in [-0.05, 0) is 0 Å². The van der Waals surface area contributed by atoms with E-state index in [1.807, 2.05) is 13.8 Å². The first-order chi connectivity index (χ1) is 7.20. The summed E-state index contributed by atoms with van der Waals surface area (Å²) in [6, 6.07) is 0. The fraction of sp³-hybridized carbons (Fsp3) is 0.600. The minimum atomic E-state index is 0.0533. The second-order valence-electron chi connectivity index (χ2n) is 3.70. The summed E-state index contributed by atoms with van der Waals surface area (Å²) in [6.07, 6.45) is 3.43. The summed E-state index contributed by atoms with van der Waals surface area (Å²) in [5.41, 5.74) is 1.05. The Hall–Kier alpha value is -1.36. The van der Waals surface area contributed by atoms with E-state index in [9.17, 15) is 4.79 Å². The van der Waals surface area contributed by atoms with E-state index in [-0.39, 0.29) is 11.8 Å². The molecule has 0 spiro atoms. The normalized spacial score (nSPS) is 10.6. The van der Waals surface area contributed by atoms with Gasteiger partial charge in [-0.15, -0.1) is 0 Å². The molecule has 84 valence electrons. The molecule has 0 bridgehead atoms. The van der Waals surface area contributed by atoms with Crippen molar-refractivity contribution in [2.45, 2.75) is 20.4 Å². The lowest BCUT2D eigenvalue weighted by atomic mass is 10.2. The number of nitrogens with one attached hydrogen (secondary N) is 3. The molecule has 0 unspecified atom stereocenters. The van der Waals surface area contributed by atoms with Gasteiger partial charge >= 0.3 is 0 Å². The molecule has 0 aliphatic carbocycles. The average Bonchev–Trinajstić information content (AvgIpc) is 2.69. The van der Waals surface area contributed by atoms with Crippen molar-refractivity contribution >= 4 is 5.91 Å². The van der Waals surface area contributed by atoms with Gasteiger partial charge < -0.3 is 15.6 Å². The molecule has 1 aromatic heterocycles. The standard InChI is InChI=1S/C10H18N4O/c1-8(2)10(15)13-4-3-11-5-9-6-12-7-14-9/h6-8,11H,3-5H2,1-2H3,(H,12,14)(H,13,15). The highest BCUT2D eigenvalue weighted by Crippen LogP contribution is 1.90. The van der Waals surface area contributed by atoms with Crippen molar-refractivity contribution in [1.29, 1.82) is 0 Å². The van der Waals surface area contributed by atoms with E-state index < -0.39 is 0 Å². The lowest BCUT2D eigenvalue weighted by molar-refractivity contribution is -0.123. The molecule has 0 radical (unpaired) electrons. The summed E-state index contributed by atoms with van der Waals surface area (Å²) in [7, 11) is 0. The van der Waals surface area contributed by atoms with E-state index in [0.29, 0.717) is 6.54 Å². The first-order valence-corrected chi connectivity index (χ1v) is 5.16. The van der Waals surface area contributed by atoms with Gasteiger partial charge in [0.15, 0.2) is 0 Å². The van der Waals surface area contributed by atoms with Crippen LogP contribution in [0.1, 0.15) is 19.5 Å². The number of carbonyl (C=O) groups is 1. The second-order valence-corrected chi connectivity index (χ2v) is 3.70. The van der Waals surface area contributed by atoms with Crippen LogP contribution in [0, 0.1) is 5.92 Å². The van der Waals surface area contributed by atoms with Crippen molar-refractivity contribution in [3.05, 3.63) is 18.2 Å². The summed E-state index contributed by atoms with van der Waals surface area (Å²) in [6.45, 7) is 5.93. The van der Waals surface area contributed by atoms with Crippen molar-refractivity contribution in [2.75, 3.05) is 13.1 Å². The first-order valence-electron chi connectivity index (χ1n) is 5.16. The number of rotatable bonds is 6. The molecule has 0 aromatic carbocycles. The largest absolute Gasteiger partial charge is 0.355 e. The van der Waals surface area contributed by atoms with Crippen molar-refractivity contribution < 1.29 is 4.79 Å². The average molecular weight is 210 g/mol. The van der Waals surface area contributed by atoms with Gasteiger partial charge in [0, 0.05) is 37.4 Å². The Balaban J connectivity index is 2.00. The molecular formula is C10H18N4O. The minimum absolute atomic E-state index is 0.0533. The third-order valence-corrected chi connectivity index (χ3v) is 2.00. The number of aromatic amines is 1. The lowest BCUT2D eigenvalue weighted by Gasteiger charge is -2.07. The number of hydrogen-bond donors (Lipinski definition) is 3. The van der Waals surface area contributed by atoms with E-state index in [4.69, 9.17) is 0 Å². The van der Waals surface area contributed by atoms with Crippen molar-refractivity contribution in [2.24, 2.45) is 5.92 Å². The maximum atomic E-state index is 11.2. The SMILES string of the molecule is CC(C)C(=O)NCCNCc1cnc[nH]1. The Morgan fingerprint density at radius 1 is 1.53 bits per heavy atom. The molecule has 0 aliphatic heterocycles. The van der Waals surface area contributed by atoms with Gasteiger partial charge in [0.2, 0.25) is 5.91 Å². The summed E-state index contributed by atoms with van der Waals surface area (Å²) < 4.78 is 0. The zero-order chi connectivity index (χ0) is 11.1. The molecule has 1 amide bonds. The fourth-order valence-corrected chi connectivity index (χ4v) is 1.08. The molecule has 1 rings (SSSR count). The zero-order valence-corrected chi connectivity index (χ0v) is 9.21. The van der Waals surface area contributed by atoms with Crippen molar-refractivity contribution in [3.8, 4) is 0 Å². The summed E-state index contributed by atoms with van der Waals surface area (Å²) >= 11 is 0. The van der Waals surface area contributed by atoms with Crippen LogP contribution in [-0.4, -0.2) is 29.0 Å². The Morgan fingerprint density at radius 3 is 2.93 bits per heavy atom. The van der Waals surface area contributed by atoms with Crippen LogP contribution in [0.3, 0.4) is 0 Å². The van der Waals surface area contributed by atoms with Gasteiger partial charge in [-0.25, -0.2) is 4.98 Å². The smallest absolute Gasteiger partial charge is 0.222 e. The van der Waals surface area contributed by atoms with Crippen LogP contribution in [0.25, 0.3) is 0 Å². The molecule has 0 aliphatic rings. The molecule has 0 fully saturated rings. The quantitative estimate of drug-likeness (QED) is 0.590. The predicted molar refractivity (Wildman–Crippen MR) is 58.1 cm³/mol. The van der Waals surface area contributed by atoms with Crippen LogP contribution in [0.2, 0.25) is 0 Å². The molecule has 5 heteroatoms. The van der Waals surface area contributed by atoms with Crippen LogP contribution in [0.5, 0.6) is 0 Å². The predicted octanol–water partition coefficient (Wildman–Crippen LogP) is 0.272. The molecule has 0 saturated heterocycles. The number of hydrogen-bond acceptors (Lipinski definition) is 3. The van der Waals surface area contributed by atoms with Crippen molar-refractivity contribution in [3.63, 3.8) is 0 Å². The fourth-order valence-electron chi connectivity index (χ4n) is 1.08. The maximum Gasteiger partial charge on any atom is 0.222 e. The summed E-state index contributed by atoms with van der Waals surface area (Å²) in [4.78, 5) is 18.1. The number of amides is 1. The minimum Gasteiger partial charge on any atom is -0.355 e. The lowest BCUT2D eigenvalue weighted by Crippen LogP contribution is -2.34. The van der Waals surface area contributed by atoms with Crippen LogP contribution in [-0.2, 0) is 11.3 Å². The number of nitrogens with zero attached hydrogens (tertiary/aromatic N) is 1. The van der Waals surface area contributed by atoms with E-state index in [1.54, 1.807) is 12.5 Å². The van der Waals surface area contributed by atoms with Crippen LogP contribution in [0.15, 0.2) is 12.5 Å². The van der Waals surface area contributed by atoms with Gasteiger partial charge in [-0.2, -0.15) is 0 Å². The van der Waals surface area contributed by atoms with Gasteiger partial charge in [0.1, 0.15) is 0 Å². The molecule has 1 aromatic rings. The van der Waals surface area contributed by atoms with Crippen molar-refractivity contribution in [1.82, 2.24) is 20.6 Å². The molecule has 1 heterocycles. The maximum absolute atomic E-state index is 11.2. The van der Waals surface area contributed by atoms with E-state index in [2.05, 4.69) is 20.6 Å². The van der Waals surface area contributed by atoms with Crippen LogP contribution in [0.4, 0.5) is 0 Å². The molecule has 5 nitrogen and oxygen atoms in total. The van der Waals surface area contributed by atoms with Gasteiger partial charge in [0.05, 0.1) is 6.33 Å². The van der Waals surface area contributed by atoms with Gasteiger partial charge in [-0.3, -0.25) is 4.79 Å². The third kappa shape index (κ3) is 4.60.